The third-order valence-corrected chi connectivity index (χ3v) is 5.31. The molecule has 0 atom stereocenters. The maximum atomic E-state index is 4.44. The van der Waals surface area contributed by atoms with E-state index in [1.165, 1.54) is 0 Å². The summed E-state index contributed by atoms with van der Waals surface area (Å²) in [5.41, 5.74) is 5.97. The minimum absolute atomic E-state index is 0. The van der Waals surface area contributed by atoms with Crippen LogP contribution in [0.3, 0.4) is 0 Å². The van der Waals surface area contributed by atoms with Gasteiger partial charge in [-0.15, -0.1) is 34.1 Å². The summed E-state index contributed by atoms with van der Waals surface area (Å²) in [5, 5.41) is 13.3. The molecule has 6 aromatic carbocycles. The zero-order valence-electron chi connectivity index (χ0n) is 22.2. The maximum absolute atomic E-state index is 4.44. The molecule has 0 heterocycles. The standard InChI is InChI=1S/3C12H10N.Ga/c3*1-3-7-11(8-4-1)13-12-9-5-2-6-10-12;/h3*1-10H;/q3*-1;+3. The van der Waals surface area contributed by atoms with Crippen molar-refractivity contribution in [1.29, 1.82) is 0 Å². The molecular formula is C36H30GaN3. The molecule has 6 aromatic rings. The maximum Gasteiger partial charge on any atom is 3.00 e. The van der Waals surface area contributed by atoms with Gasteiger partial charge < -0.3 is 16.0 Å². The van der Waals surface area contributed by atoms with Crippen LogP contribution in [0.1, 0.15) is 0 Å². The number of hydrogen-bond donors (Lipinski definition) is 0. The molecule has 0 fully saturated rings. The van der Waals surface area contributed by atoms with Gasteiger partial charge in [0.15, 0.2) is 0 Å². The van der Waals surface area contributed by atoms with Gasteiger partial charge in [-0.05, 0) is 0 Å². The summed E-state index contributed by atoms with van der Waals surface area (Å²) in [4.78, 5) is 0. The summed E-state index contributed by atoms with van der Waals surface area (Å²) >= 11 is 0. The van der Waals surface area contributed by atoms with Gasteiger partial charge in [-0.25, -0.2) is 0 Å². The second kappa shape index (κ2) is 17.8. The molecule has 6 rings (SSSR count). The minimum Gasteiger partial charge on any atom is -0.658 e. The predicted molar refractivity (Wildman–Crippen MR) is 172 cm³/mol. The van der Waals surface area contributed by atoms with Gasteiger partial charge >= 0.3 is 19.8 Å². The van der Waals surface area contributed by atoms with Crippen molar-refractivity contribution in [3.8, 4) is 0 Å². The smallest absolute Gasteiger partial charge is 0.658 e. The average molecular weight is 574 g/mol. The molecule has 40 heavy (non-hydrogen) atoms. The SMILES string of the molecule is [Ga+3].c1ccc([N-]c2ccccc2)cc1.c1ccc([N-]c2ccccc2)cc1.c1ccc([N-]c2ccccc2)cc1. The van der Waals surface area contributed by atoms with E-state index in [1.807, 2.05) is 182 Å². The Bertz CT molecular complexity index is 1140. The number of hydrogen-bond acceptors (Lipinski definition) is 0. The summed E-state index contributed by atoms with van der Waals surface area (Å²) in [6, 6.07) is 59.7. The van der Waals surface area contributed by atoms with Gasteiger partial charge in [0.2, 0.25) is 0 Å². The normalized spacial score (nSPS) is 9.30. The average Bonchev–Trinajstić information content (AvgIpc) is 3.01. The molecule has 0 unspecified atom stereocenters. The Morgan fingerprint density at radius 2 is 0.325 bits per heavy atom. The third kappa shape index (κ3) is 11.4. The van der Waals surface area contributed by atoms with Gasteiger partial charge in [0.1, 0.15) is 0 Å². The second-order valence-corrected chi connectivity index (χ2v) is 8.35. The molecule has 0 saturated heterocycles. The van der Waals surface area contributed by atoms with Gasteiger partial charge in [-0.2, -0.15) is 0 Å². The van der Waals surface area contributed by atoms with Gasteiger partial charge in [-0.1, -0.05) is 182 Å². The van der Waals surface area contributed by atoms with Crippen LogP contribution >= 0.6 is 0 Å². The van der Waals surface area contributed by atoms with Gasteiger partial charge in [-0.3, -0.25) is 0 Å². The van der Waals surface area contributed by atoms with Crippen LogP contribution in [0.2, 0.25) is 0 Å². The van der Waals surface area contributed by atoms with Gasteiger partial charge in [0.25, 0.3) is 0 Å². The first-order valence-corrected chi connectivity index (χ1v) is 12.8. The van der Waals surface area contributed by atoms with Crippen molar-refractivity contribution in [3.63, 3.8) is 0 Å². The van der Waals surface area contributed by atoms with Crippen molar-refractivity contribution in [3.05, 3.63) is 198 Å². The van der Waals surface area contributed by atoms with E-state index in [9.17, 15) is 0 Å². The summed E-state index contributed by atoms with van der Waals surface area (Å²) in [7, 11) is 0. The Morgan fingerprint density at radius 1 is 0.200 bits per heavy atom. The first-order chi connectivity index (χ1) is 19.3. The molecule has 0 aliphatic heterocycles. The molecule has 192 valence electrons. The van der Waals surface area contributed by atoms with Crippen LogP contribution in [-0.2, 0) is 0 Å². The summed E-state index contributed by atoms with van der Waals surface area (Å²) in [6.45, 7) is 0. The van der Waals surface area contributed by atoms with Crippen LogP contribution in [-0.4, -0.2) is 19.8 Å². The fraction of sp³-hybridized carbons (Fsp3) is 0. The number of para-hydroxylation sites is 6. The topological polar surface area (TPSA) is 42.3 Å². The molecular weight excluding hydrogens is 544 g/mol. The van der Waals surface area contributed by atoms with Crippen LogP contribution in [0.25, 0.3) is 16.0 Å². The Balaban J connectivity index is 0.000000163. The van der Waals surface area contributed by atoms with E-state index in [0.717, 1.165) is 34.1 Å². The van der Waals surface area contributed by atoms with Crippen molar-refractivity contribution in [1.82, 2.24) is 0 Å². The molecule has 0 bridgehead atoms. The molecule has 0 spiro atoms. The Labute approximate surface area is 251 Å². The Morgan fingerprint density at radius 3 is 0.450 bits per heavy atom. The Hall–Kier alpha value is -4.64. The largest absolute Gasteiger partial charge is 3.00 e. The zero-order chi connectivity index (χ0) is 26.8. The van der Waals surface area contributed by atoms with Crippen molar-refractivity contribution in [2.75, 3.05) is 0 Å². The van der Waals surface area contributed by atoms with Crippen LogP contribution in [0.15, 0.2) is 182 Å². The van der Waals surface area contributed by atoms with Crippen molar-refractivity contribution in [2.45, 2.75) is 0 Å². The van der Waals surface area contributed by atoms with Crippen LogP contribution in [0.5, 0.6) is 0 Å². The minimum atomic E-state index is 0. The van der Waals surface area contributed by atoms with Crippen LogP contribution in [0, 0.1) is 0 Å². The second-order valence-electron chi connectivity index (χ2n) is 8.35. The number of nitrogens with zero attached hydrogens (tertiary/aromatic N) is 3. The van der Waals surface area contributed by atoms with Crippen molar-refractivity contribution >= 4 is 53.9 Å². The molecule has 0 radical (unpaired) electrons. The summed E-state index contributed by atoms with van der Waals surface area (Å²) in [5.74, 6) is 0. The quantitative estimate of drug-likeness (QED) is 0.178. The number of benzene rings is 6. The molecule has 0 aromatic heterocycles. The molecule has 0 aliphatic carbocycles. The van der Waals surface area contributed by atoms with E-state index in [-0.39, 0.29) is 19.8 Å². The van der Waals surface area contributed by atoms with Crippen molar-refractivity contribution < 1.29 is 0 Å². The zero-order valence-corrected chi connectivity index (χ0v) is 24.7. The summed E-state index contributed by atoms with van der Waals surface area (Å²) < 4.78 is 0. The summed E-state index contributed by atoms with van der Waals surface area (Å²) in [6.07, 6.45) is 0. The molecule has 4 heteroatoms. The van der Waals surface area contributed by atoms with E-state index in [2.05, 4.69) is 16.0 Å². The van der Waals surface area contributed by atoms with Gasteiger partial charge in [0.05, 0.1) is 0 Å². The van der Waals surface area contributed by atoms with E-state index < -0.39 is 0 Å². The monoisotopic (exact) mass is 573 g/mol. The van der Waals surface area contributed by atoms with Crippen molar-refractivity contribution in [2.24, 2.45) is 0 Å². The number of rotatable bonds is 6. The molecule has 0 amide bonds. The Kier molecular flexibility index (Phi) is 13.3. The molecule has 3 nitrogen and oxygen atoms in total. The van der Waals surface area contributed by atoms with Gasteiger partial charge in [0, 0.05) is 0 Å². The predicted octanol–water partition coefficient (Wildman–Crippen LogP) is 11.7. The van der Waals surface area contributed by atoms with E-state index in [0.29, 0.717) is 0 Å². The fourth-order valence-electron chi connectivity index (χ4n) is 3.46. The van der Waals surface area contributed by atoms with E-state index in [1.54, 1.807) is 0 Å². The first kappa shape index (κ1) is 29.9. The first-order valence-electron chi connectivity index (χ1n) is 12.8. The van der Waals surface area contributed by atoms with E-state index in [4.69, 9.17) is 0 Å². The fourth-order valence-corrected chi connectivity index (χ4v) is 3.46. The molecule has 0 N–H and O–H groups in total. The molecule has 0 aliphatic rings. The van der Waals surface area contributed by atoms with Crippen LogP contribution in [0.4, 0.5) is 34.1 Å². The van der Waals surface area contributed by atoms with Crippen LogP contribution < -0.4 is 0 Å². The van der Waals surface area contributed by atoms with E-state index >= 15 is 0 Å². The third-order valence-electron chi connectivity index (χ3n) is 5.31. The molecule has 0 saturated carbocycles.